The van der Waals surface area contributed by atoms with E-state index >= 15 is 0 Å². The summed E-state index contributed by atoms with van der Waals surface area (Å²) in [5.74, 6) is 0.511. The maximum Gasteiger partial charge on any atom is 0.185 e. The normalized spacial score (nSPS) is 11.8. The van der Waals surface area contributed by atoms with Crippen LogP contribution in [0, 0.1) is 19.8 Å². The monoisotopic (exact) mass is 257 g/mol. The number of aryl methyl sites for hydroxylation is 2. The quantitative estimate of drug-likeness (QED) is 0.443. The van der Waals surface area contributed by atoms with E-state index in [1.54, 1.807) is 0 Å². The third kappa shape index (κ3) is 3.63. The van der Waals surface area contributed by atoms with Crippen molar-refractivity contribution in [3.8, 4) is 0 Å². The summed E-state index contributed by atoms with van der Waals surface area (Å²) in [5, 5.41) is 0. The van der Waals surface area contributed by atoms with Gasteiger partial charge >= 0.3 is 0 Å². The summed E-state index contributed by atoms with van der Waals surface area (Å²) in [5.41, 5.74) is 5.02. The van der Waals surface area contributed by atoms with Gasteiger partial charge in [-0.15, -0.1) is 0 Å². The molecule has 0 radical (unpaired) electrons. The third-order valence-corrected chi connectivity index (χ3v) is 3.20. The predicted octanol–water partition coefficient (Wildman–Crippen LogP) is 4.14. The molecule has 0 atom stereocenters. The summed E-state index contributed by atoms with van der Waals surface area (Å²) in [6.45, 7) is 11.9. The van der Waals surface area contributed by atoms with E-state index in [1.807, 2.05) is 20.0 Å². The van der Waals surface area contributed by atoms with Gasteiger partial charge in [0.05, 0.1) is 0 Å². The van der Waals surface area contributed by atoms with Gasteiger partial charge in [0.15, 0.2) is 5.78 Å². The summed E-state index contributed by atoms with van der Waals surface area (Å²) in [6, 6.07) is 4.01. The Morgan fingerprint density at radius 1 is 1.26 bits per heavy atom. The maximum atomic E-state index is 11.9. The molecule has 1 rings (SSSR count). The predicted molar refractivity (Wildman–Crippen MR) is 82.4 cm³/mol. The van der Waals surface area contributed by atoms with Crippen LogP contribution in [0.25, 0.3) is 0 Å². The number of carbonyl (C=O) groups is 1. The van der Waals surface area contributed by atoms with Crippen LogP contribution in [0.3, 0.4) is 0 Å². The van der Waals surface area contributed by atoms with Gasteiger partial charge in [0.1, 0.15) is 0 Å². The lowest BCUT2D eigenvalue weighted by molar-refractivity contribution is 0.104. The molecule has 1 aromatic carbocycles. The van der Waals surface area contributed by atoms with Crippen LogP contribution >= 0.6 is 0 Å². The van der Waals surface area contributed by atoms with Crippen molar-refractivity contribution in [2.75, 3.05) is 7.05 Å². The van der Waals surface area contributed by atoms with E-state index in [4.69, 9.17) is 0 Å². The molecule has 2 nitrogen and oxygen atoms in total. The molecule has 0 aliphatic rings. The average Bonchev–Trinajstić information content (AvgIpc) is 2.35. The molecule has 102 valence electrons. The van der Waals surface area contributed by atoms with Gasteiger partial charge in [-0.1, -0.05) is 26.5 Å². The lowest BCUT2D eigenvalue weighted by Crippen LogP contribution is -2.10. The summed E-state index contributed by atoms with van der Waals surface area (Å²) >= 11 is 0. The molecule has 2 heteroatoms. The first kappa shape index (κ1) is 15.4. The molecule has 0 amide bonds. The molecule has 1 aromatic rings. The van der Waals surface area contributed by atoms with Crippen molar-refractivity contribution in [1.82, 2.24) is 0 Å². The van der Waals surface area contributed by atoms with Crippen molar-refractivity contribution in [3.05, 3.63) is 47.0 Å². The number of aliphatic imine (C=N–C) groups is 1. The summed E-state index contributed by atoms with van der Waals surface area (Å²) in [7, 11) is 1.81. The van der Waals surface area contributed by atoms with Crippen LogP contribution in [-0.4, -0.2) is 18.5 Å². The van der Waals surface area contributed by atoms with Gasteiger partial charge in [0.25, 0.3) is 0 Å². The largest absolute Gasteiger partial charge is 0.292 e. The zero-order valence-corrected chi connectivity index (χ0v) is 12.6. The topological polar surface area (TPSA) is 29.4 Å². The molecule has 19 heavy (non-hydrogen) atoms. The highest BCUT2D eigenvalue weighted by Crippen LogP contribution is 2.20. The van der Waals surface area contributed by atoms with Crippen molar-refractivity contribution in [1.29, 1.82) is 0 Å². The minimum atomic E-state index is -0.0289. The lowest BCUT2D eigenvalue weighted by Gasteiger charge is -2.14. The Kier molecular flexibility index (Phi) is 5.22. The molecular weight excluding hydrogens is 234 g/mol. The number of ketones is 1. The molecule has 0 aromatic heterocycles. The van der Waals surface area contributed by atoms with Gasteiger partial charge in [-0.05, 0) is 55.0 Å². The molecule has 0 unspecified atom stereocenters. The van der Waals surface area contributed by atoms with E-state index in [1.165, 1.54) is 11.6 Å². The van der Waals surface area contributed by atoms with E-state index in [0.29, 0.717) is 5.92 Å². The van der Waals surface area contributed by atoms with Crippen LogP contribution in [0.5, 0.6) is 0 Å². The minimum Gasteiger partial charge on any atom is -0.292 e. The summed E-state index contributed by atoms with van der Waals surface area (Å²) < 4.78 is 0. The molecule has 0 aliphatic carbocycles. The number of benzene rings is 1. The average molecular weight is 257 g/mol. The second-order valence-corrected chi connectivity index (χ2v) is 5.32. The van der Waals surface area contributed by atoms with E-state index in [2.05, 4.69) is 38.4 Å². The highest BCUT2D eigenvalue weighted by molar-refractivity contribution is 6.08. The number of hydrogen-bond acceptors (Lipinski definition) is 2. The van der Waals surface area contributed by atoms with Crippen LogP contribution in [-0.2, 0) is 0 Å². The molecule has 0 fully saturated rings. The fourth-order valence-electron chi connectivity index (χ4n) is 2.25. The summed E-state index contributed by atoms with van der Waals surface area (Å²) in [6.07, 6.45) is 2.29. The smallest absolute Gasteiger partial charge is 0.185 e. The van der Waals surface area contributed by atoms with E-state index in [-0.39, 0.29) is 5.78 Å². The SMILES string of the molecule is C=CC(=O)c1cc(C(CC(C)C)=NC)c(C)cc1C. The first-order valence-electron chi connectivity index (χ1n) is 6.64. The Morgan fingerprint density at radius 3 is 2.32 bits per heavy atom. The zero-order valence-electron chi connectivity index (χ0n) is 12.6. The van der Waals surface area contributed by atoms with Crippen molar-refractivity contribution in [2.24, 2.45) is 10.9 Å². The van der Waals surface area contributed by atoms with Crippen LogP contribution in [0.2, 0.25) is 0 Å². The molecule has 0 saturated heterocycles. The molecule has 0 heterocycles. The van der Waals surface area contributed by atoms with Gasteiger partial charge in [-0.25, -0.2) is 0 Å². The van der Waals surface area contributed by atoms with Crippen LogP contribution in [0.1, 0.15) is 47.3 Å². The van der Waals surface area contributed by atoms with Crippen LogP contribution in [0.4, 0.5) is 0 Å². The van der Waals surface area contributed by atoms with Gasteiger partial charge < -0.3 is 0 Å². The zero-order chi connectivity index (χ0) is 14.6. The number of carbonyl (C=O) groups excluding carboxylic acids is 1. The van der Waals surface area contributed by atoms with Gasteiger partial charge in [-0.2, -0.15) is 0 Å². The summed E-state index contributed by atoms with van der Waals surface area (Å²) in [4.78, 5) is 16.3. The van der Waals surface area contributed by atoms with Gasteiger partial charge in [0, 0.05) is 18.3 Å². The van der Waals surface area contributed by atoms with E-state index in [0.717, 1.165) is 28.8 Å². The molecule has 0 spiro atoms. The van der Waals surface area contributed by atoms with Crippen LogP contribution in [0.15, 0.2) is 29.8 Å². The molecular formula is C17H23NO. The molecule has 0 bridgehead atoms. The van der Waals surface area contributed by atoms with Crippen molar-refractivity contribution >= 4 is 11.5 Å². The number of rotatable bonds is 5. The first-order chi connectivity index (χ1) is 8.90. The Hall–Kier alpha value is -1.70. The Labute approximate surface area is 116 Å². The fourth-order valence-corrected chi connectivity index (χ4v) is 2.25. The van der Waals surface area contributed by atoms with Gasteiger partial charge in [0.2, 0.25) is 0 Å². The molecule has 0 N–H and O–H groups in total. The van der Waals surface area contributed by atoms with Gasteiger partial charge in [-0.3, -0.25) is 9.79 Å². The number of nitrogens with zero attached hydrogens (tertiary/aromatic N) is 1. The van der Waals surface area contributed by atoms with Crippen LogP contribution < -0.4 is 0 Å². The van der Waals surface area contributed by atoms with E-state index in [9.17, 15) is 4.79 Å². The second-order valence-electron chi connectivity index (χ2n) is 5.32. The Bertz CT molecular complexity index is 524. The molecule has 0 saturated carbocycles. The Balaban J connectivity index is 3.35. The third-order valence-electron chi connectivity index (χ3n) is 3.20. The first-order valence-corrected chi connectivity index (χ1v) is 6.64. The number of allylic oxidation sites excluding steroid dienone is 1. The van der Waals surface area contributed by atoms with Crippen molar-refractivity contribution in [3.63, 3.8) is 0 Å². The molecule has 0 aliphatic heterocycles. The highest BCUT2D eigenvalue weighted by Gasteiger charge is 2.13. The number of hydrogen-bond donors (Lipinski definition) is 0. The van der Waals surface area contributed by atoms with Crippen molar-refractivity contribution in [2.45, 2.75) is 34.1 Å². The lowest BCUT2D eigenvalue weighted by atomic mass is 9.91. The fraction of sp³-hybridized carbons (Fsp3) is 0.412. The van der Waals surface area contributed by atoms with Crippen molar-refractivity contribution < 1.29 is 4.79 Å². The highest BCUT2D eigenvalue weighted by atomic mass is 16.1. The minimum absolute atomic E-state index is 0.0289. The van der Waals surface area contributed by atoms with E-state index < -0.39 is 0 Å². The maximum absolute atomic E-state index is 11.9. The standard InChI is InChI=1S/C17H23NO/c1-7-17(19)15-10-14(12(4)9-13(15)5)16(18-6)8-11(2)3/h7,9-11H,1,8H2,2-6H3. The second kappa shape index (κ2) is 6.46. The Morgan fingerprint density at radius 2 is 1.84 bits per heavy atom.